The van der Waals surface area contributed by atoms with E-state index in [0.717, 1.165) is 32.2 Å². The molecule has 20 heavy (non-hydrogen) atoms. The molecule has 102 valence electrons. The van der Waals surface area contributed by atoms with E-state index in [0.29, 0.717) is 6.61 Å². The molecule has 0 saturated carbocycles. The van der Waals surface area contributed by atoms with E-state index in [-0.39, 0.29) is 0 Å². The van der Waals surface area contributed by atoms with Crippen molar-refractivity contribution in [3.63, 3.8) is 0 Å². The van der Waals surface area contributed by atoms with Crippen molar-refractivity contribution in [1.82, 2.24) is 4.98 Å². The van der Waals surface area contributed by atoms with Gasteiger partial charge in [0.05, 0.1) is 16.8 Å². The van der Waals surface area contributed by atoms with Gasteiger partial charge in [0.1, 0.15) is 10.8 Å². The Morgan fingerprint density at radius 1 is 1.15 bits per heavy atom. The fourth-order valence-electron chi connectivity index (χ4n) is 2.06. The summed E-state index contributed by atoms with van der Waals surface area (Å²) >= 11 is 1.69. The smallest absolute Gasteiger partial charge is 0.124 e. The number of rotatable bonds is 4. The zero-order valence-corrected chi connectivity index (χ0v) is 12.3. The maximum absolute atomic E-state index is 5.53. The lowest BCUT2D eigenvalue weighted by molar-refractivity contribution is 0.341. The molecule has 1 aromatic heterocycles. The Morgan fingerprint density at radius 2 is 1.95 bits per heavy atom. The first kappa shape index (κ1) is 12.9. The average molecular weight is 284 g/mol. The molecule has 0 aliphatic carbocycles. The third-order valence-corrected chi connectivity index (χ3v) is 4.16. The largest absolute Gasteiger partial charge is 0.494 e. The van der Waals surface area contributed by atoms with Gasteiger partial charge in [-0.3, -0.25) is 0 Å². The van der Waals surface area contributed by atoms with Crippen LogP contribution in [0.2, 0.25) is 0 Å². The molecular formula is C16H16N2OS. The number of aromatic nitrogens is 1. The van der Waals surface area contributed by atoms with E-state index in [9.17, 15) is 0 Å². The van der Waals surface area contributed by atoms with Gasteiger partial charge in [-0.05, 0) is 49.4 Å². The van der Waals surface area contributed by atoms with Gasteiger partial charge in [-0.15, -0.1) is 11.3 Å². The summed E-state index contributed by atoms with van der Waals surface area (Å²) in [6.45, 7) is 2.67. The molecule has 1 N–H and O–H groups in total. The number of hydrogen-bond donors (Lipinski definition) is 1. The molecule has 3 aromatic rings. The highest BCUT2D eigenvalue weighted by Gasteiger charge is 2.07. The maximum Gasteiger partial charge on any atom is 0.124 e. The standard InChI is InChI=1S/C16H16N2OS/c1-3-19-13-8-9-14-15(10-13)20-16(18-14)11-4-6-12(17-2)7-5-11/h4-10,17H,3H2,1-2H3. The van der Waals surface area contributed by atoms with Crippen LogP contribution in [0, 0.1) is 0 Å². The van der Waals surface area contributed by atoms with Crippen molar-refractivity contribution in [2.24, 2.45) is 0 Å². The molecule has 4 heteroatoms. The highest BCUT2D eigenvalue weighted by molar-refractivity contribution is 7.21. The average Bonchev–Trinajstić information content (AvgIpc) is 2.91. The van der Waals surface area contributed by atoms with Crippen LogP contribution in [0.4, 0.5) is 5.69 Å². The molecule has 3 rings (SSSR count). The van der Waals surface area contributed by atoms with Gasteiger partial charge in [0, 0.05) is 18.3 Å². The van der Waals surface area contributed by atoms with Crippen LogP contribution >= 0.6 is 11.3 Å². The molecule has 0 saturated heterocycles. The van der Waals surface area contributed by atoms with Crippen molar-refractivity contribution in [2.45, 2.75) is 6.92 Å². The van der Waals surface area contributed by atoms with E-state index in [1.54, 1.807) is 11.3 Å². The monoisotopic (exact) mass is 284 g/mol. The minimum absolute atomic E-state index is 0.683. The quantitative estimate of drug-likeness (QED) is 0.771. The predicted molar refractivity (Wildman–Crippen MR) is 85.8 cm³/mol. The number of nitrogens with zero attached hydrogens (tertiary/aromatic N) is 1. The van der Waals surface area contributed by atoms with Crippen molar-refractivity contribution in [1.29, 1.82) is 0 Å². The van der Waals surface area contributed by atoms with Gasteiger partial charge < -0.3 is 10.1 Å². The van der Waals surface area contributed by atoms with Crippen LogP contribution < -0.4 is 10.1 Å². The first-order chi connectivity index (χ1) is 9.80. The zero-order chi connectivity index (χ0) is 13.9. The minimum atomic E-state index is 0.683. The Balaban J connectivity index is 1.98. The Kier molecular flexibility index (Phi) is 3.56. The van der Waals surface area contributed by atoms with Gasteiger partial charge in [0.15, 0.2) is 0 Å². The molecule has 0 unspecified atom stereocenters. The van der Waals surface area contributed by atoms with Crippen LogP contribution in [0.3, 0.4) is 0 Å². The third kappa shape index (κ3) is 2.47. The molecule has 1 heterocycles. The summed E-state index contributed by atoms with van der Waals surface area (Å²) in [7, 11) is 1.92. The molecule has 3 nitrogen and oxygen atoms in total. The van der Waals surface area contributed by atoms with Crippen molar-refractivity contribution < 1.29 is 4.74 Å². The summed E-state index contributed by atoms with van der Waals surface area (Å²) < 4.78 is 6.69. The Morgan fingerprint density at radius 3 is 2.65 bits per heavy atom. The van der Waals surface area contributed by atoms with E-state index in [1.165, 1.54) is 0 Å². The van der Waals surface area contributed by atoms with Crippen LogP contribution in [-0.2, 0) is 0 Å². The molecule has 0 spiro atoms. The maximum atomic E-state index is 5.53. The molecule has 0 aliphatic rings. The Bertz CT molecular complexity index is 719. The summed E-state index contributed by atoms with van der Waals surface area (Å²) in [5.41, 5.74) is 3.27. The van der Waals surface area contributed by atoms with Crippen molar-refractivity contribution in [3.8, 4) is 16.3 Å². The summed E-state index contributed by atoms with van der Waals surface area (Å²) in [6.07, 6.45) is 0. The summed E-state index contributed by atoms with van der Waals surface area (Å²) in [5.74, 6) is 0.903. The van der Waals surface area contributed by atoms with Crippen molar-refractivity contribution in [2.75, 3.05) is 19.0 Å². The first-order valence-electron chi connectivity index (χ1n) is 6.61. The fraction of sp³-hybridized carbons (Fsp3) is 0.188. The van der Waals surface area contributed by atoms with Crippen LogP contribution in [0.5, 0.6) is 5.75 Å². The number of anilines is 1. The van der Waals surface area contributed by atoms with Crippen molar-refractivity contribution in [3.05, 3.63) is 42.5 Å². The van der Waals surface area contributed by atoms with Gasteiger partial charge in [-0.1, -0.05) is 0 Å². The third-order valence-electron chi connectivity index (χ3n) is 3.09. The van der Waals surface area contributed by atoms with E-state index in [4.69, 9.17) is 4.74 Å². The number of benzene rings is 2. The van der Waals surface area contributed by atoms with E-state index < -0.39 is 0 Å². The van der Waals surface area contributed by atoms with Crippen LogP contribution in [0.25, 0.3) is 20.8 Å². The minimum Gasteiger partial charge on any atom is -0.494 e. The SMILES string of the molecule is CCOc1ccc2nc(-c3ccc(NC)cc3)sc2c1. The second kappa shape index (κ2) is 5.51. The van der Waals surface area contributed by atoms with E-state index in [2.05, 4.69) is 40.6 Å². The van der Waals surface area contributed by atoms with Gasteiger partial charge in [0.25, 0.3) is 0 Å². The van der Waals surface area contributed by atoms with Gasteiger partial charge >= 0.3 is 0 Å². The summed E-state index contributed by atoms with van der Waals surface area (Å²) in [4.78, 5) is 4.68. The molecule has 0 amide bonds. The zero-order valence-electron chi connectivity index (χ0n) is 11.5. The number of ether oxygens (including phenoxy) is 1. The predicted octanol–water partition coefficient (Wildman–Crippen LogP) is 4.40. The van der Waals surface area contributed by atoms with Gasteiger partial charge in [-0.25, -0.2) is 4.98 Å². The second-order valence-electron chi connectivity index (χ2n) is 4.41. The van der Waals surface area contributed by atoms with Crippen molar-refractivity contribution >= 4 is 27.2 Å². The van der Waals surface area contributed by atoms with Crippen LogP contribution in [-0.4, -0.2) is 18.6 Å². The Hall–Kier alpha value is -2.07. The number of fused-ring (bicyclic) bond motifs is 1. The van der Waals surface area contributed by atoms with Gasteiger partial charge in [0.2, 0.25) is 0 Å². The lowest BCUT2D eigenvalue weighted by Crippen LogP contribution is -1.89. The first-order valence-corrected chi connectivity index (χ1v) is 7.43. The molecule has 0 atom stereocenters. The molecule has 0 aliphatic heterocycles. The lowest BCUT2D eigenvalue weighted by atomic mass is 10.2. The normalized spacial score (nSPS) is 10.7. The molecule has 0 bridgehead atoms. The van der Waals surface area contributed by atoms with E-state index >= 15 is 0 Å². The summed E-state index contributed by atoms with van der Waals surface area (Å²) in [5, 5.41) is 4.16. The fourth-order valence-corrected chi connectivity index (χ4v) is 3.06. The topological polar surface area (TPSA) is 34.1 Å². The van der Waals surface area contributed by atoms with E-state index in [1.807, 2.05) is 26.1 Å². The van der Waals surface area contributed by atoms with Crippen LogP contribution in [0.15, 0.2) is 42.5 Å². The molecule has 2 aromatic carbocycles. The molecule has 0 radical (unpaired) electrons. The molecule has 0 fully saturated rings. The number of thiazole rings is 1. The number of hydrogen-bond acceptors (Lipinski definition) is 4. The Labute approximate surface area is 122 Å². The summed E-state index contributed by atoms with van der Waals surface area (Å²) in [6, 6.07) is 14.4. The number of nitrogens with one attached hydrogen (secondary N) is 1. The molecular weight excluding hydrogens is 268 g/mol. The van der Waals surface area contributed by atoms with Gasteiger partial charge in [-0.2, -0.15) is 0 Å². The lowest BCUT2D eigenvalue weighted by Gasteiger charge is -2.00. The highest BCUT2D eigenvalue weighted by atomic mass is 32.1. The second-order valence-corrected chi connectivity index (χ2v) is 5.44. The highest BCUT2D eigenvalue weighted by Crippen LogP contribution is 2.32. The van der Waals surface area contributed by atoms with Crippen LogP contribution in [0.1, 0.15) is 6.92 Å².